The molecule has 0 atom stereocenters. The monoisotopic (exact) mass is 329 g/mol. The van der Waals surface area contributed by atoms with E-state index in [0.717, 1.165) is 24.1 Å². The molecule has 0 saturated carbocycles. The minimum atomic E-state index is -0.0525. The highest BCUT2D eigenvalue weighted by Gasteiger charge is 2.28. The topological polar surface area (TPSA) is 60.9 Å². The Balaban J connectivity index is 1.70. The van der Waals surface area contributed by atoms with E-state index in [0.29, 0.717) is 32.6 Å². The average Bonchev–Trinajstić information content (AvgIpc) is 2.74. The molecule has 6 nitrogen and oxygen atoms in total. The van der Waals surface area contributed by atoms with Crippen LogP contribution in [0.3, 0.4) is 0 Å². The van der Waals surface area contributed by atoms with Crippen LogP contribution >= 0.6 is 0 Å². The van der Waals surface area contributed by atoms with E-state index in [9.17, 15) is 14.4 Å². The van der Waals surface area contributed by atoms with Gasteiger partial charge in [-0.05, 0) is 24.5 Å². The van der Waals surface area contributed by atoms with E-state index >= 15 is 0 Å². The normalized spacial score (nSPS) is 18.2. The van der Waals surface area contributed by atoms with Crippen molar-refractivity contribution in [3.8, 4) is 0 Å². The molecule has 0 spiro atoms. The molecule has 2 aliphatic heterocycles. The molecular formula is C18H23N3O3. The maximum absolute atomic E-state index is 12.6. The molecule has 0 unspecified atom stereocenters. The van der Waals surface area contributed by atoms with E-state index in [-0.39, 0.29) is 24.3 Å². The number of carbonyl (C=O) groups excluding carboxylic acids is 3. The number of rotatable bonds is 2. The number of hydrogen-bond acceptors (Lipinski definition) is 3. The number of hydrogen-bond donors (Lipinski definition) is 0. The third-order valence-electron chi connectivity index (χ3n) is 4.79. The predicted octanol–water partition coefficient (Wildman–Crippen LogP) is 1.05. The highest BCUT2D eigenvalue weighted by molar-refractivity contribution is 5.99. The van der Waals surface area contributed by atoms with Crippen LogP contribution in [0.5, 0.6) is 0 Å². The maximum Gasteiger partial charge on any atom is 0.242 e. The predicted molar refractivity (Wildman–Crippen MR) is 90.6 cm³/mol. The molecule has 2 heterocycles. The molecule has 2 aliphatic rings. The summed E-state index contributed by atoms with van der Waals surface area (Å²) in [6, 6.07) is 7.81. The fraction of sp³-hybridized carbons (Fsp3) is 0.500. The van der Waals surface area contributed by atoms with Gasteiger partial charge in [0.05, 0.1) is 0 Å². The van der Waals surface area contributed by atoms with Gasteiger partial charge in [0.1, 0.15) is 6.54 Å². The van der Waals surface area contributed by atoms with Crippen molar-refractivity contribution in [1.82, 2.24) is 9.80 Å². The summed E-state index contributed by atoms with van der Waals surface area (Å²) in [6.45, 7) is 3.81. The number of carbonyl (C=O) groups is 3. The number of amides is 3. The first-order chi connectivity index (χ1) is 11.6. The molecule has 1 fully saturated rings. The average molecular weight is 329 g/mol. The van der Waals surface area contributed by atoms with Crippen LogP contribution in [0.2, 0.25) is 0 Å². The standard InChI is InChI=1S/C18H23N3O3/c1-14(22)19-9-11-20(12-10-19)18(24)13-21-16-7-3-2-5-15(16)6-4-8-17(21)23/h2-3,5,7H,4,6,8-13H2,1H3. The second-order valence-corrected chi connectivity index (χ2v) is 6.35. The molecule has 3 rings (SSSR count). The van der Waals surface area contributed by atoms with Crippen LogP contribution in [0, 0.1) is 0 Å². The number of fused-ring (bicyclic) bond motifs is 1. The van der Waals surface area contributed by atoms with Gasteiger partial charge in [-0.2, -0.15) is 0 Å². The third kappa shape index (κ3) is 3.42. The summed E-state index contributed by atoms with van der Waals surface area (Å²) < 4.78 is 0. The van der Waals surface area contributed by atoms with E-state index < -0.39 is 0 Å². The van der Waals surface area contributed by atoms with Gasteiger partial charge in [-0.25, -0.2) is 0 Å². The molecule has 24 heavy (non-hydrogen) atoms. The van der Waals surface area contributed by atoms with Crippen molar-refractivity contribution >= 4 is 23.4 Å². The first kappa shape index (κ1) is 16.5. The zero-order valence-electron chi connectivity index (χ0n) is 14.0. The molecule has 128 valence electrons. The number of para-hydroxylation sites is 1. The van der Waals surface area contributed by atoms with Crippen LogP contribution in [0.15, 0.2) is 24.3 Å². The molecule has 6 heteroatoms. The second-order valence-electron chi connectivity index (χ2n) is 6.35. The zero-order valence-corrected chi connectivity index (χ0v) is 14.0. The molecule has 0 bridgehead atoms. The van der Waals surface area contributed by atoms with Crippen LogP contribution in [-0.4, -0.2) is 60.2 Å². The maximum atomic E-state index is 12.6. The quantitative estimate of drug-likeness (QED) is 0.815. The molecule has 0 aromatic heterocycles. The van der Waals surface area contributed by atoms with Gasteiger partial charge in [0.2, 0.25) is 17.7 Å². The van der Waals surface area contributed by atoms with Crippen molar-refractivity contribution < 1.29 is 14.4 Å². The number of nitrogens with zero attached hydrogens (tertiary/aromatic N) is 3. The molecule has 1 aromatic rings. The first-order valence-corrected chi connectivity index (χ1v) is 8.48. The highest BCUT2D eigenvalue weighted by Crippen LogP contribution is 2.26. The van der Waals surface area contributed by atoms with Crippen LogP contribution in [-0.2, 0) is 20.8 Å². The van der Waals surface area contributed by atoms with Crippen molar-refractivity contribution in [1.29, 1.82) is 0 Å². The molecule has 1 saturated heterocycles. The Morgan fingerprint density at radius 3 is 2.38 bits per heavy atom. The lowest BCUT2D eigenvalue weighted by molar-refractivity contribution is -0.138. The van der Waals surface area contributed by atoms with Crippen molar-refractivity contribution in [3.05, 3.63) is 29.8 Å². The van der Waals surface area contributed by atoms with Gasteiger partial charge in [0.25, 0.3) is 0 Å². The lowest BCUT2D eigenvalue weighted by Crippen LogP contribution is -2.52. The number of aryl methyl sites for hydroxylation is 1. The zero-order chi connectivity index (χ0) is 17.1. The summed E-state index contributed by atoms with van der Waals surface area (Å²) in [5.41, 5.74) is 1.98. The summed E-state index contributed by atoms with van der Waals surface area (Å²) in [5.74, 6) is -0.00218. The van der Waals surface area contributed by atoms with Crippen LogP contribution in [0.4, 0.5) is 5.69 Å². The van der Waals surface area contributed by atoms with Gasteiger partial charge in [-0.15, -0.1) is 0 Å². The van der Waals surface area contributed by atoms with Crippen molar-refractivity contribution in [2.75, 3.05) is 37.6 Å². The number of anilines is 1. The van der Waals surface area contributed by atoms with Crippen LogP contribution in [0.1, 0.15) is 25.3 Å². The molecule has 0 aliphatic carbocycles. The summed E-state index contributed by atoms with van der Waals surface area (Å²) in [5, 5.41) is 0. The second kappa shape index (κ2) is 7.03. The Labute approximate surface area is 142 Å². The number of piperazine rings is 1. The van der Waals surface area contributed by atoms with Crippen LogP contribution in [0.25, 0.3) is 0 Å². The Kier molecular flexibility index (Phi) is 4.83. The van der Waals surface area contributed by atoms with Crippen molar-refractivity contribution in [2.24, 2.45) is 0 Å². The summed E-state index contributed by atoms with van der Waals surface area (Å²) in [7, 11) is 0. The Hall–Kier alpha value is -2.37. The first-order valence-electron chi connectivity index (χ1n) is 8.48. The summed E-state index contributed by atoms with van der Waals surface area (Å²) in [4.78, 5) is 41.6. The Bertz CT molecular complexity index is 651. The van der Waals surface area contributed by atoms with Gasteiger partial charge in [-0.3, -0.25) is 14.4 Å². The van der Waals surface area contributed by atoms with Gasteiger partial charge in [0.15, 0.2) is 0 Å². The largest absolute Gasteiger partial charge is 0.339 e. The Morgan fingerprint density at radius 1 is 1.00 bits per heavy atom. The SMILES string of the molecule is CC(=O)N1CCN(C(=O)CN2C(=O)CCCc3ccccc32)CC1. The molecule has 0 N–H and O–H groups in total. The van der Waals surface area contributed by atoms with Crippen molar-refractivity contribution in [3.63, 3.8) is 0 Å². The molecular weight excluding hydrogens is 306 g/mol. The molecule has 1 aromatic carbocycles. The number of benzene rings is 1. The molecule has 0 radical (unpaired) electrons. The van der Waals surface area contributed by atoms with Crippen LogP contribution < -0.4 is 4.90 Å². The lowest BCUT2D eigenvalue weighted by atomic mass is 10.1. The lowest BCUT2D eigenvalue weighted by Gasteiger charge is -2.35. The fourth-order valence-electron chi connectivity index (χ4n) is 3.36. The molecule has 3 amide bonds. The third-order valence-corrected chi connectivity index (χ3v) is 4.79. The summed E-state index contributed by atoms with van der Waals surface area (Å²) in [6.07, 6.45) is 2.15. The van der Waals surface area contributed by atoms with E-state index in [4.69, 9.17) is 0 Å². The van der Waals surface area contributed by atoms with E-state index in [1.165, 1.54) is 0 Å². The van der Waals surface area contributed by atoms with Gasteiger partial charge >= 0.3 is 0 Å². The van der Waals surface area contributed by atoms with E-state index in [1.807, 2.05) is 24.3 Å². The van der Waals surface area contributed by atoms with E-state index in [2.05, 4.69) is 0 Å². The van der Waals surface area contributed by atoms with Gasteiger partial charge in [-0.1, -0.05) is 18.2 Å². The fourth-order valence-corrected chi connectivity index (χ4v) is 3.36. The highest BCUT2D eigenvalue weighted by atomic mass is 16.2. The summed E-state index contributed by atoms with van der Waals surface area (Å²) >= 11 is 0. The van der Waals surface area contributed by atoms with Gasteiger partial charge in [0, 0.05) is 45.2 Å². The van der Waals surface area contributed by atoms with E-state index in [1.54, 1.807) is 21.6 Å². The van der Waals surface area contributed by atoms with Crippen molar-refractivity contribution in [2.45, 2.75) is 26.2 Å². The van der Waals surface area contributed by atoms with Gasteiger partial charge < -0.3 is 14.7 Å². The minimum absolute atomic E-state index is 0.00988. The smallest absolute Gasteiger partial charge is 0.242 e. The minimum Gasteiger partial charge on any atom is -0.339 e. The Morgan fingerprint density at radius 2 is 1.67 bits per heavy atom.